The van der Waals surface area contributed by atoms with Gasteiger partial charge in [0.1, 0.15) is 6.29 Å². The highest BCUT2D eigenvalue weighted by Crippen LogP contribution is 2.29. The highest BCUT2D eigenvalue weighted by molar-refractivity contribution is 5.75. The lowest BCUT2D eigenvalue weighted by Gasteiger charge is -2.21. The zero-order valence-electron chi connectivity index (χ0n) is 7.36. The van der Waals surface area contributed by atoms with Crippen LogP contribution in [0.4, 0.5) is 0 Å². The molecule has 0 aliphatic heterocycles. The number of aliphatic hydroxyl groups is 1. The Hall–Kier alpha value is -1.15. The fourth-order valence-electron chi connectivity index (χ4n) is 1.88. The van der Waals surface area contributed by atoms with E-state index in [1.54, 1.807) is 6.07 Å². The number of hydrogen-bond donors (Lipinski definition) is 1. The number of carbonyl (C=O) groups is 1. The van der Waals surface area contributed by atoms with E-state index in [0.717, 1.165) is 36.7 Å². The first kappa shape index (κ1) is 8.45. The van der Waals surface area contributed by atoms with Gasteiger partial charge in [-0.05, 0) is 36.5 Å². The molecule has 0 spiro atoms. The van der Waals surface area contributed by atoms with E-state index in [4.69, 9.17) is 0 Å². The molecule has 0 amide bonds. The van der Waals surface area contributed by atoms with Crippen LogP contribution in [-0.2, 0) is 6.42 Å². The minimum absolute atomic E-state index is 0.329. The van der Waals surface area contributed by atoms with E-state index < -0.39 is 0 Å². The Kier molecular flexibility index (Phi) is 2.15. The largest absolute Gasteiger partial charge is 0.388 e. The smallest absolute Gasteiger partial charge is 0.150 e. The van der Waals surface area contributed by atoms with Gasteiger partial charge < -0.3 is 5.11 Å². The molecule has 1 aliphatic carbocycles. The number of carbonyl (C=O) groups excluding carboxylic acids is 1. The van der Waals surface area contributed by atoms with Crippen LogP contribution < -0.4 is 0 Å². The van der Waals surface area contributed by atoms with Crippen molar-refractivity contribution in [2.24, 2.45) is 0 Å². The van der Waals surface area contributed by atoms with E-state index in [2.05, 4.69) is 0 Å². The van der Waals surface area contributed by atoms with Crippen LogP contribution in [0.3, 0.4) is 0 Å². The Balaban J connectivity index is 2.45. The summed E-state index contributed by atoms with van der Waals surface area (Å²) in [7, 11) is 0. The van der Waals surface area contributed by atoms with Crippen molar-refractivity contribution >= 4 is 6.29 Å². The molecule has 0 radical (unpaired) electrons. The molecule has 0 unspecified atom stereocenters. The van der Waals surface area contributed by atoms with Gasteiger partial charge in [0.05, 0.1) is 6.10 Å². The van der Waals surface area contributed by atoms with Gasteiger partial charge in [-0.1, -0.05) is 12.1 Å². The van der Waals surface area contributed by atoms with Gasteiger partial charge in [0.15, 0.2) is 0 Å². The van der Waals surface area contributed by atoms with Gasteiger partial charge in [-0.15, -0.1) is 0 Å². The lowest BCUT2D eigenvalue weighted by atomic mass is 9.88. The van der Waals surface area contributed by atoms with Crippen LogP contribution in [0.5, 0.6) is 0 Å². The van der Waals surface area contributed by atoms with Gasteiger partial charge in [0, 0.05) is 5.56 Å². The third-order valence-corrected chi connectivity index (χ3v) is 2.59. The van der Waals surface area contributed by atoms with E-state index in [0.29, 0.717) is 5.56 Å². The molecule has 68 valence electrons. The van der Waals surface area contributed by atoms with Gasteiger partial charge in [-0.2, -0.15) is 0 Å². The van der Waals surface area contributed by atoms with Crippen molar-refractivity contribution in [1.29, 1.82) is 0 Å². The van der Waals surface area contributed by atoms with E-state index in [1.165, 1.54) is 0 Å². The molecule has 1 aromatic rings. The summed E-state index contributed by atoms with van der Waals surface area (Å²) in [5.74, 6) is 0. The fraction of sp³-hybridized carbons (Fsp3) is 0.364. The third kappa shape index (κ3) is 1.49. The maximum Gasteiger partial charge on any atom is 0.150 e. The van der Waals surface area contributed by atoms with Crippen LogP contribution in [0.25, 0.3) is 0 Å². The van der Waals surface area contributed by atoms with Crippen molar-refractivity contribution in [2.75, 3.05) is 0 Å². The summed E-state index contributed by atoms with van der Waals surface area (Å²) in [6.45, 7) is 0. The quantitative estimate of drug-likeness (QED) is 0.663. The SMILES string of the molecule is O=Cc1ccc2c(c1)CCC[C@@H]2O. The Morgan fingerprint density at radius 3 is 3.08 bits per heavy atom. The zero-order valence-corrected chi connectivity index (χ0v) is 7.36. The number of aliphatic hydroxyl groups excluding tert-OH is 1. The van der Waals surface area contributed by atoms with Crippen LogP contribution in [0.1, 0.15) is 40.4 Å². The summed E-state index contributed by atoms with van der Waals surface area (Å²) in [4.78, 5) is 10.5. The first-order chi connectivity index (χ1) is 6.31. The van der Waals surface area contributed by atoms with Crippen molar-refractivity contribution in [3.05, 3.63) is 34.9 Å². The first-order valence-electron chi connectivity index (χ1n) is 4.57. The lowest BCUT2D eigenvalue weighted by molar-refractivity contribution is 0.112. The molecule has 1 N–H and O–H groups in total. The van der Waals surface area contributed by atoms with Gasteiger partial charge >= 0.3 is 0 Å². The summed E-state index contributed by atoms with van der Waals surface area (Å²) in [6.07, 6.45) is 3.35. The van der Waals surface area contributed by atoms with Crippen molar-refractivity contribution in [3.8, 4) is 0 Å². The monoisotopic (exact) mass is 176 g/mol. The molecule has 0 bridgehead atoms. The van der Waals surface area contributed by atoms with Crippen molar-refractivity contribution in [1.82, 2.24) is 0 Å². The first-order valence-corrected chi connectivity index (χ1v) is 4.57. The second-order valence-electron chi connectivity index (χ2n) is 3.48. The van der Waals surface area contributed by atoms with Crippen molar-refractivity contribution in [2.45, 2.75) is 25.4 Å². The summed E-state index contributed by atoms with van der Waals surface area (Å²) >= 11 is 0. The molecule has 0 saturated carbocycles. The van der Waals surface area contributed by atoms with Crippen molar-refractivity contribution < 1.29 is 9.90 Å². The maximum absolute atomic E-state index is 10.5. The minimum Gasteiger partial charge on any atom is -0.388 e. The van der Waals surface area contributed by atoms with Crippen molar-refractivity contribution in [3.63, 3.8) is 0 Å². The molecule has 2 heteroatoms. The molecule has 0 aromatic heterocycles. The second-order valence-corrected chi connectivity index (χ2v) is 3.48. The normalized spacial score (nSPS) is 20.8. The van der Waals surface area contributed by atoms with Crippen LogP contribution in [-0.4, -0.2) is 11.4 Å². The molecule has 1 atom stereocenters. The molecule has 13 heavy (non-hydrogen) atoms. The third-order valence-electron chi connectivity index (χ3n) is 2.59. The molecule has 1 aromatic carbocycles. The number of aldehydes is 1. The topological polar surface area (TPSA) is 37.3 Å². The van der Waals surface area contributed by atoms with E-state index >= 15 is 0 Å². The molecule has 2 rings (SSSR count). The van der Waals surface area contributed by atoms with Gasteiger partial charge in [0.25, 0.3) is 0 Å². The van der Waals surface area contributed by atoms with Gasteiger partial charge in [-0.3, -0.25) is 4.79 Å². The summed E-state index contributed by atoms with van der Waals surface area (Å²) in [5, 5.41) is 9.64. The van der Waals surface area contributed by atoms with Crippen LogP contribution in [0, 0.1) is 0 Å². The van der Waals surface area contributed by atoms with E-state index in [9.17, 15) is 9.90 Å². The highest BCUT2D eigenvalue weighted by Gasteiger charge is 2.17. The van der Waals surface area contributed by atoms with Crippen LogP contribution >= 0.6 is 0 Å². The average Bonchev–Trinajstić information content (AvgIpc) is 2.18. The standard InChI is InChI=1S/C11H12O2/c12-7-8-4-5-10-9(6-8)2-1-3-11(10)13/h4-7,11,13H,1-3H2/t11-/m0/s1. The molecular weight excluding hydrogens is 164 g/mol. The number of benzene rings is 1. The van der Waals surface area contributed by atoms with Crippen LogP contribution in [0.15, 0.2) is 18.2 Å². The lowest BCUT2D eigenvalue weighted by Crippen LogP contribution is -2.09. The van der Waals surface area contributed by atoms with E-state index in [-0.39, 0.29) is 6.10 Å². The number of hydrogen-bond acceptors (Lipinski definition) is 2. The minimum atomic E-state index is -0.329. The fourth-order valence-corrected chi connectivity index (χ4v) is 1.88. The van der Waals surface area contributed by atoms with Gasteiger partial charge in [-0.25, -0.2) is 0 Å². The molecule has 0 fully saturated rings. The zero-order chi connectivity index (χ0) is 9.26. The summed E-state index contributed by atoms with van der Waals surface area (Å²) in [5.41, 5.74) is 2.83. The molecular formula is C11H12O2. The Labute approximate surface area is 77.2 Å². The molecule has 2 nitrogen and oxygen atoms in total. The maximum atomic E-state index is 10.5. The van der Waals surface area contributed by atoms with Crippen LogP contribution in [0.2, 0.25) is 0 Å². The Bertz CT molecular complexity index is 331. The Morgan fingerprint density at radius 1 is 1.46 bits per heavy atom. The molecule has 0 heterocycles. The van der Waals surface area contributed by atoms with E-state index in [1.807, 2.05) is 12.1 Å². The second kappa shape index (κ2) is 3.30. The number of rotatable bonds is 1. The predicted molar refractivity (Wildman–Crippen MR) is 49.7 cm³/mol. The number of aryl methyl sites for hydroxylation is 1. The summed E-state index contributed by atoms with van der Waals surface area (Å²) in [6, 6.07) is 5.51. The average molecular weight is 176 g/mol. The number of fused-ring (bicyclic) bond motifs is 1. The predicted octanol–water partition coefficient (Wildman–Crippen LogP) is 1.87. The Morgan fingerprint density at radius 2 is 2.31 bits per heavy atom. The molecule has 0 saturated heterocycles. The van der Waals surface area contributed by atoms with Gasteiger partial charge in [0.2, 0.25) is 0 Å². The highest BCUT2D eigenvalue weighted by atomic mass is 16.3. The summed E-state index contributed by atoms with van der Waals surface area (Å²) < 4.78 is 0. The molecule has 1 aliphatic rings.